The van der Waals surface area contributed by atoms with Gasteiger partial charge in [0, 0.05) is 37.8 Å². The van der Waals surface area contributed by atoms with Crippen molar-refractivity contribution in [1.82, 2.24) is 15.0 Å². The average molecular weight is 353 g/mol. The molecule has 1 aliphatic carbocycles. The van der Waals surface area contributed by atoms with E-state index >= 15 is 0 Å². The highest BCUT2D eigenvalue weighted by molar-refractivity contribution is 5.79. The highest BCUT2D eigenvalue weighted by Gasteiger charge is 2.29. The minimum Gasteiger partial charge on any atom is -0.361 e. The van der Waals surface area contributed by atoms with E-state index in [1.807, 2.05) is 18.7 Å². The first kappa shape index (κ1) is 17.3. The molecule has 0 unspecified atom stereocenters. The van der Waals surface area contributed by atoms with Crippen LogP contribution in [0.3, 0.4) is 0 Å². The smallest absolute Gasteiger partial charge is 0.227 e. The van der Waals surface area contributed by atoms with Crippen molar-refractivity contribution in [3.05, 3.63) is 52.4 Å². The van der Waals surface area contributed by atoms with E-state index in [1.165, 1.54) is 24.0 Å². The Bertz CT molecular complexity index is 771. The molecule has 1 aliphatic heterocycles. The van der Waals surface area contributed by atoms with Crippen LogP contribution < -0.4 is 0 Å². The van der Waals surface area contributed by atoms with Crippen molar-refractivity contribution in [3.63, 3.8) is 0 Å². The summed E-state index contributed by atoms with van der Waals surface area (Å²) in [6.07, 6.45) is 3.94. The molecule has 26 heavy (non-hydrogen) atoms. The van der Waals surface area contributed by atoms with Gasteiger partial charge in [0.25, 0.3) is 0 Å². The standard InChI is InChI=1S/C21H27N3O2/c1-15-20(16(2)26-22-15)14-21(25)24-11-9-23(10-12-24)19-8-7-17-5-3-4-6-18(17)13-19/h3-6,19H,7-14H2,1-2H3/t19-/m1/s1. The van der Waals surface area contributed by atoms with Crippen LogP contribution in [0.5, 0.6) is 0 Å². The van der Waals surface area contributed by atoms with E-state index in [0.29, 0.717) is 12.5 Å². The first-order chi connectivity index (χ1) is 12.6. The fourth-order valence-electron chi connectivity index (χ4n) is 4.34. The predicted molar refractivity (Wildman–Crippen MR) is 100 cm³/mol. The number of hydrogen-bond acceptors (Lipinski definition) is 4. The SMILES string of the molecule is Cc1noc(C)c1CC(=O)N1CCN([C@@H]2CCc3ccccc3C2)CC1. The van der Waals surface area contributed by atoms with Gasteiger partial charge in [-0.1, -0.05) is 29.4 Å². The Morgan fingerprint density at radius 2 is 1.88 bits per heavy atom. The fourth-order valence-corrected chi connectivity index (χ4v) is 4.34. The van der Waals surface area contributed by atoms with Crippen molar-refractivity contribution in [2.24, 2.45) is 0 Å². The van der Waals surface area contributed by atoms with Crippen molar-refractivity contribution in [2.75, 3.05) is 26.2 Å². The van der Waals surface area contributed by atoms with Gasteiger partial charge in [0.05, 0.1) is 12.1 Å². The molecule has 5 nitrogen and oxygen atoms in total. The second-order valence-electron chi connectivity index (χ2n) is 7.56. The van der Waals surface area contributed by atoms with E-state index in [1.54, 1.807) is 0 Å². The zero-order chi connectivity index (χ0) is 18.1. The van der Waals surface area contributed by atoms with Crippen molar-refractivity contribution >= 4 is 5.91 Å². The Morgan fingerprint density at radius 3 is 2.58 bits per heavy atom. The lowest BCUT2D eigenvalue weighted by atomic mass is 9.87. The maximum absolute atomic E-state index is 12.7. The van der Waals surface area contributed by atoms with E-state index in [0.717, 1.165) is 49.6 Å². The van der Waals surface area contributed by atoms with E-state index in [-0.39, 0.29) is 5.91 Å². The van der Waals surface area contributed by atoms with Gasteiger partial charge in [-0.15, -0.1) is 0 Å². The Labute approximate surface area is 155 Å². The molecule has 2 heterocycles. The summed E-state index contributed by atoms with van der Waals surface area (Å²) >= 11 is 0. The molecule has 0 bridgehead atoms. The molecule has 0 radical (unpaired) electrons. The van der Waals surface area contributed by atoms with Gasteiger partial charge >= 0.3 is 0 Å². The molecule has 0 N–H and O–H groups in total. The van der Waals surface area contributed by atoms with E-state index in [9.17, 15) is 4.79 Å². The van der Waals surface area contributed by atoms with Crippen LogP contribution in [0, 0.1) is 13.8 Å². The van der Waals surface area contributed by atoms with Gasteiger partial charge in [0.2, 0.25) is 5.91 Å². The largest absolute Gasteiger partial charge is 0.361 e. The number of nitrogens with zero attached hydrogens (tertiary/aromatic N) is 3. The molecule has 1 saturated heterocycles. The normalized spacial score (nSPS) is 20.8. The van der Waals surface area contributed by atoms with Crippen LogP contribution >= 0.6 is 0 Å². The minimum atomic E-state index is 0.188. The summed E-state index contributed by atoms with van der Waals surface area (Å²) < 4.78 is 5.18. The maximum Gasteiger partial charge on any atom is 0.227 e. The van der Waals surface area contributed by atoms with E-state index < -0.39 is 0 Å². The number of rotatable bonds is 3. The van der Waals surface area contributed by atoms with Crippen LogP contribution in [0.2, 0.25) is 0 Å². The molecule has 2 aromatic rings. The lowest BCUT2D eigenvalue weighted by molar-refractivity contribution is -0.132. The summed E-state index contributed by atoms with van der Waals surface area (Å²) in [5.74, 6) is 0.948. The summed E-state index contributed by atoms with van der Waals surface area (Å²) in [6.45, 7) is 7.36. The van der Waals surface area contributed by atoms with Gasteiger partial charge in [-0.3, -0.25) is 9.69 Å². The molecule has 0 saturated carbocycles. The average Bonchev–Trinajstić information content (AvgIpc) is 2.99. The number of aromatic nitrogens is 1. The lowest BCUT2D eigenvalue weighted by Crippen LogP contribution is -2.53. The van der Waals surface area contributed by atoms with Gasteiger partial charge in [-0.2, -0.15) is 0 Å². The van der Waals surface area contributed by atoms with Crippen LogP contribution in [0.1, 0.15) is 34.6 Å². The Balaban J connectivity index is 1.32. The summed E-state index contributed by atoms with van der Waals surface area (Å²) in [7, 11) is 0. The number of hydrogen-bond donors (Lipinski definition) is 0. The zero-order valence-electron chi connectivity index (χ0n) is 15.7. The molecule has 138 valence electrons. The minimum absolute atomic E-state index is 0.188. The molecule has 0 spiro atoms. The van der Waals surface area contributed by atoms with Gasteiger partial charge in [0.15, 0.2) is 0 Å². The second kappa shape index (κ2) is 7.23. The molecule has 1 fully saturated rings. The highest BCUT2D eigenvalue weighted by atomic mass is 16.5. The summed E-state index contributed by atoms with van der Waals surface area (Å²) in [4.78, 5) is 17.2. The quantitative estimate of drug-likeness (QED) is 0.851. The van der Waals surface area contributed by atoms with E-state index in [2.05, 4.69) is 34.3 Å². The summed E-state index contributed by atoms with van der Waals surface area (Å²) in [5, 5.41) is 3.95. The highest BCUT2D eigenvalue weighted by Crippen LogP contribution is 2.25. The van der Waals surface area contributed by atoms with Crippen LogP contribution in [0.25, 0.3) is 0 Å². The Hall–Kier alpha value is -2.14. The Morgan fingerprint density at radius 1 is 1.15 bits per heavy atom. The number of piperazine rings is 1. The van der Waals surface area contributed by atoms with Gasteiger partial charge in [-0.05, 0) is 44.2 Å². The third kappa shape index (κ3) is 3.40. The molecular formula is C21H27N3O2. The molecule has 4 rings (SSSR count). The molecule has 1 aromatic heterocycles. The summed E-state index contributed by atoms with van der Waals surface area (Å²) in [6, 6.07) is 9.43. The molecule has 1 atom stereocenters. The van der Waals surface area contributed by atoms with Crippen molar-refractivity contribution in [3.8, 4) is 0 Å². The third-order valence-electron chi connectivity index (χ3n) is 6.01. The molecule has 5 heteroatoms. The topological polar surface area (TPSA) is 49.6 Å². The van der Waals surface area contributed by atoms with Crippen LogP contribution in [-0.4, -0.2) is 53.1 Å². The fraction of sp³-hybridized carbons (Fsp3) is 0.524. The van der Waals surface area contributed by atoms with Crippen molar-refractivity contribution < 1.29 is 9.32 Å². The number of benzene rings is 1. The van der Waals surface area contributed by atoms with Crippen LogP contribution in [0.15, 0.2) is 28.8 Å². The molecule has 1 amide bonds. The number of aryl methyl sites for hydroxylation is 3. The van der Waals surface area contributed by atoms with Crippen molar-refractivity contribution in [1.29, 1.82) is 0 Å². The first-order valence-corrected chi connectivity index (χ1v) is 9.62. The number of amides is 1. The van der Waals surface area contributed by atoms with Gasteiger partial charge in [-0.25, -0.2) is 0 Å². The van der Waals surface area contributed by atoms with Crippen LogP contribution in [-0.2, 0) is 24.1 Å². The van der Waals surface area contributed by atoms with Crippen molar-refractivity contribution in [2.45, 2.75) is 45.6 Å². The van der Waals surface area contributed by atoms with E-state index in [4.69, 9.17) is 4.52 Å². The monoisotopic (exact) mass is 353 g/mol. The second-order valence-corrected chi connectivity index (χ2v) is 7.56. The molecular weight excluding hydrogens is 326 g/mol. The number of carbonyl (C=O) groups excluding carboxylic acids is 1. The lowest BCUT2D eigenvalue weighted by Gasteiger charge is -2.41. The molecule has 2 aliphatic rings. The number of carbonyl (C=O) groups is 1. The first-order valence-electron chi connectivity index (χ1n) is 9.62. The number of fused-ring (bicyclic) bond motifs is 1. The predicted octanol–water partition coefficient (Wildman–Crippen LogP) is 2.54. The maximum atomic E-state index is 12.7. The summed E-state index contributed by atoms with van der Waals surface area (Å²) in [5.41, 5.74) is 4.79. The molecule has 1 aromatic carbocycles. The van der Waals surface area contributed by atoms with Crippen LogP contribution in [0.4, 0.5) is 0 Å². The zero-order valence-corrected chi connectivity index (χ0v) is 15.7. The van der Waals surface area contributed by atoms with Gasteiger partial charge in [0.1, 0.15) is 5.76 Å². The third-order valence-corrected chi connectivity index (χ3v) is 6.01. The Kier molecular flexibility index (Phi) is 4.81. The van der Waals surface area contributed by atoms with Gasteiger partial charge < -0.3 is 9.42 Å².